The van der Waals surface area contributed by atoms with E-state index < -0.39 is 0 Å². The summed E-state index contributed by atoms with van der Waals surface area (Å²) in [4.78, 5) is 13.0. The van der Waals surface area contributed by atoms with Crippen LogP contribution in [0.2, 0.25) is 10.0 Å². The number of carbonyl (C=O) groups excluding carboxylic acids is 1. The van der Waals surface area contributed by atoms with E-state index in [0.29, 0.717) is 20.6 Å². The van der Waals surface area contributed by atoms with E-state index in [4.69, 9.17) is 23.2 Å². The lowest BCUT2D eigenvalue weighted by Gasteiger charge is -2.11. The fourth-order valence-corrected chi connectivity index (χ4v) is 4.19. The van der Waals surface area contributed by atoms with E-state index in [-0.39, 0.29) is 5.91 Å². The van der Waals surface area contributed by atoms with Crippen LogP contribution < -0.4 is 5.32 Å². The van der Waals surface area contributed by atoms with Gasteiger partial charge in [0.05, 0.1) is 15.7 Å². The molecule has 2 nitrogen and oxygen atoms in total. The van der Waals surface area contributed by atoms with Crippen molar-refractivity contribution in [3.8, 4) is 0 Å². The van der Waals surface area contributed by atoms with Crippen molar-refractivity contribution in [3.05, 3.63) is 62.4 Å². The summed E-state index contributed by atoms with van der Waals surface area (Å²) in [6.45, 7) is 3.88. The number of nitrogens with one attached hydrogen (secondary N) is 1. The smallest absolute Gasteiger partial charge is 0.267 e. The summed E-state index contributed by atoms with van der Waals surface area (Å²) in [5, 5.41) is 4.79. The highest BCUT2D eigenvalue weighted by Gasteiger charge is 2.18. The van der Waals surface area contributed by atoms with Crippen LogP contribution in [0.5, 0.6) is 0 Å². The van der Waals surface area contributed by atoms with Gasteiger partial charge >= 0.3 is 0 Å². The lowest BCUT2D eigenvalue weighted by atomic mass is 10.1. The molecule has 0 radical (unpaired) electrons. The van der Waals surface area contributed by atoms with Crippen LogP contribution in [0.1, 0.15) is 20.8 Å². The molecule has 0 fully saturated rings. The number of aryl methyl sites for hydroxylation is 2. The lowest BCUT2D eigenvalue weighted by molar-refractivity contribution is 0.103. The molecule has 0 bridgehead atoms. The number of thiophene rings is 1. The first-order valence-electron chi connectivity index (χ1n) is 6.72. The maximum absolute atomic E-state index is 12.6. The van der Waals surface area contributed by atoms with Crippen LogP contribution in [-0.2, 0) is 0 Å². The Labute approximate surface area is 142 Å². The van der Waals surface area contributed by atoms with E-state index in [1.807, 2.05) is 50.2 Å². The average Bonchev–Trinajstić information content (AvgIpc) is 2.80. The van der Waals surface area contributed by atoms with Crippen LogP contribution in [0.3, 0.4) is 0 Å². The van der Waals surface area contributed by atoms with Gasteiger partial charge in [-0.3, -0.25) is 4.79 Å². The first-order chi connectivity index (χ1) is 10.5. The molecule has 3 aromatic rings. The summed E-state index contributed by atoms with van der Waals surface area (Å²) in [5.41, 5.74) is 2.61. The van der Waals surface area contributed by atoms with Gasteiger partial charge in [0.1, 0.15) is 4.88 Å². The Kier molecular flexibility index (Phi) is 4.13. The van der Waals surface area contributed by atoms with E-state index in [0.717, 1.165) is 21.2 Å². The number of halogens is 2. The van der Waals surface area contributed by atoms with Crippen molar-refractivity contribution >= 4 is 56.2 Å². The molecule has 1 amide bonds. The topological polar surface area (TPSA) is 29.1 Å². The highest BCUT2D eigenvalue weighted by atomic mass is 35.5. The lowest BCUT2D eigenvalue weighted by Crippen LogP contribution is -2.12. The van der Waals surface area contributed by atoms with Crippen molar-refractivity contribution in [2.45, 2.75) is 13.8 Å². The fraction of sp³-hybridized carbons (Fsp3) is 0.118. The Bertz CT molecular complexity index is 862. The second-order valence-corrected chi connectivity index (χ2v) is 6.97. The molecule has 1 aromatic heterocycles. The number of hydrogen-bond acceptors (Lipinski definition) is 2. The van der Waals surface area contributed by atoms with Crippen molar-refractivity contribution in [1.29, 1.82) is 0 Å². The molecule has 5 heteroatoms. The fourth-order valence-electron chi connectivity index (χ4n) is 2.40. The second-order valence-electron chi connectivity index (χ2n) is 5.13. The number of anilines is 1. The maximum Gasteiger partial charge on any atom is 0.267 e. The van der Waals surface area contributed by atoms with Crippen molar-refractivity contribution in [2.24, 2.45) is 0 Å². The molecule has 0 aliphatic rings. The third-order valence-corrected chi connectivity index (χ3v) is 5.38. The Morgan fingerprint density at radius 3 is 2.55 bits per heavy atom. The molecule has 0 aliphatic carbocycles. The van der Waals surface area contributed by atoms with Crippen molar-refractivity contribution in [2.75, 3.05) is 5.32 Å². The highest BCUT2D eigenvalue weighted by molar-refractivity contribution is 7.21. The van der Waals surface area contributed by atoms with Gasteiger partial charge in [-0.2, -0.15) is 0 Å². The molecular formula is C17H13Cl2NOS. The summed E-state index contributed by atoms with van der Waals surface area (Å²) < 4.78 is 0.990. The summed E-state index contributed by atoms with van der Waals surface area (Å²) in [6.07, 6.45) is 0. The number of fused-ring (bicyclic) bond motifs is 1. The molecule has 1 N–H and O–H groups in total. The zero-order chi connectivity index (χ0) is 15.9. The van der Waals surface area contributed by atoms with Gasteiger partial charge in [0.2, 0.25) is 0 Å². The number of rotatable bonds is 2. The SMILES string of the molecule is Cc1cc(C)c(NC(=O)c2sc3ccccc3c2Cl)c(Cl)c1. The summed E-state index contributed by atoms with van der Waals surface area (Å²) in [5.74, 6) is -0.236. The van der Waals surface area contributed by atoms with Gasteiger partial charge in [0.25, 0.3) is 5.91 Å². The van der Waals surface area contributed by atoms with Gasteiger partial charge in [0, 0.05) is 10.1 Å². The quantitative estimate of drug-likeness (QED) is 0.596. The number of hydrogen-bond donors (Lipinski definition) is 1. The summed E-state index contributed by atoms with van der Waals surface area (Å²) >= 11 is 14.0. The van der Waals surface area contributed by atoms with Crippen molar-refractivity contribution < 1.29 is 4.79 Å². The van der Waals surface area contributed by atoms with E-state index in [1.54, 1.807) is 0 Å². The first kappa shape index (κ1) is 15.3. The minimum atomic E-state index is -0.236. The van der Waals surface area contributed by atoms with Crippen LogP contribution >= 0.6 is 34.5 Å². The van der Waals surface area contributed by atoms with Gasteiger partial charge in [-0.05, 0) is 37.1 Å². The van der Waals surface area contributed by atoms with Gasteiger partial charge in [-0.1, -0.05) is 47.5 Å². The van der Waals surface area contributed by atoms with Gasteiger partial charge in [-0.15, -0.1) is 11.3 Å². The van der Waals surface area contributed by atoms with E-state index in [2.05, 4.69) is 5.32 Å². The third-order valence-electron chi connectivity index (χ3n) is 3.41. The number of amides is 1. The predicted molar refractivity (Wildman–Crippen MR) is 95.7 cm³/mol. The second kappa shape index (κ2) is 5.92. The van der Waals surface area contributed by atoms with Gasteiger partial charge < -0.3 is 5.32 Å². The molecule has 0 saturated heterocycles. The van der Waals surface area contributed by atoms with Crippen molar-refractivity contribution in [1.82, 2.24) is 0 Å². The van der Waals surface area contributed by atoms with Gasteiger partial charge in [0.15, 0.2) is 0 Å². The largest absolute Gasteiger partial charge is 0.320 e. The van der Waals surface area contributed by atoms with Crippen LogP contribution in [0.25, 0.3) is 10.1 Å². The van der Waals surface area contributed by atoms with Crippen LogP contribution in [0.15, 0.2) is 36.4 Å². The third kappa shape index (κ3) is 2.72. The Balaban J connectivity index is 1.99. The maximum atomic E-state index is 12.6. The van der Waals surface area contributed by atoms with E-state index in [9.17, 15) is 4.79 Å². The zero-order valence-corrected chi connectivity index (χ0v) is 14.4. The van der Waals surface area contributed by atoms with Crippen molar-refractivity contribution in [3.63, 3.8) is 0 Å². The molecule has 0 aliphatic heterocycles. The van der Waals surface area contributed by atoms with Gasteiger partial charge in [-0.25, -0.2) is 0 Å². The average molecular weight is 350 g/mol. The van der Waals surface area contributed by atoms with Crippen LogP contribution in [0, 0.1) is 13.8 Å². The minimum absolute atomic E-state index is 0.236. The number of benzene rings is 2. The summed E-state index contributed by atoms with van der Waals surface area (Å²) in [6, 6.07) is 11.5. The van der Waals surface area contributed by atoms with Crippen LogP contribution in [0.4, 0.5) is 5.69 Å². The van der Waals surface area contributed by atoms with Crippen LogP contribution in [-0.4, -0.2) is 5.91 Å². The van der Waals surface area contributed by atoms with E-state index >= 15 is 0 Å². The highest BCUT2D eigenvalue weighted by Crippen LogP contribution is 2.36. The molecule has 112 valence electrons. The Hall–Kier alpha value is -1.55. The molecule has 3 rings (SSSR count). The first-order valence-corrected chi connectivity index (χ1v) is 8.29. The molecule has 2 aromatic carbocycles. The number of carbonyl (C=O) groups is 1. The normalized spacial score (nSPS) is 10.9. The molecule has 0 unspecified atom stereocenters. The molecule has 1 heterocycles. The minimum Gasteiger partial charge on any atom is -0.320 e. The predicted octanol–water partition coefficient (Wildman–Crippen LogP) is 6.08. The summed E-state index contributed by atoms with van der Waals surface area (Å²) in [7, 11) is 0. The standard InChI is InChI=1S/C17H13Cl2NOS/c1-9-7-10(2)15(12(18)8-9)20-17(21)16-14(19)11-5-3-4-6-13(11)22-16/h3-8H,1-2H3,(H,20,21). The molecule has 22 heavy (non-hydrogen) atoms. The molecule has 0 saturated carbocycles. The van der Waals surface area contributed by atoms with E-state index in [1.165, 1.54) is 11.3 Å². The molecule has 0 atom stereocenters. The Morgan fingerprint density at radius 1 is 1.14 bits per heavy atom. The Morgan fingerprint density at radius 2 is 1.86 bits per heavy atom. The molecular weight excluding hydrogens is 337 g/mol. The monoisotopic (exact) mass is 349 g/mol. The zero-order valence-electron chi connectivity index (χ0n) is 12.0. The molecule has 0 spiro atoms.